The van der Waals surface area contributed by atoms with Gasteiger partial charge in [0.1, 0.15) is 12.4 Å². The molecule has 0 fully saturated rings. The summed E-state index contributed by atoms with van der Waals surface area (Å²) in [6.07, 6.45) is 0. The summed E-state index contributed by atoms with van der Waals surface area (Å²) in [6.45, 7) is 4.64. The highest BCUT2D eigenvalue weighted by atomic mass is 79.9. The average Bonchev–Trinajstić information content (AvgIpc) is 2.28. The molecule has 0 radical (unpaired) electrons. The SMILES string of the molecule is CC(C)(C)N(CC(=O)O)C(=O)Nc1ccc(Br)cc1F. The fourth-order valence-electron chi connectivity index (χ4n) is 1.52. The van der Waals surface area contributed by atoms with E-state index in [-0.39, 0.29) is 5.69 Å². The Kier molecular flexibility index (Phi) is 5.10. The monoisotopic (exact) mass is 346 g/mol. The molecule has 2 N–H and O–H groups in total. The van der Waals surface area contributed by atoms with Gasteiger partial charge in [-0.2, -0.15) is 0 Å². The zero-order valence-electron chi connectivity index (χ0n) is 11.4. The second-order valence-electron chi connectivity index (χ2n) is 5.21. The van der Waals surface area contributed by atoms with Gasteiger partial charge in [-0.3, -0.25) is 4.79 Å². The first-order valence-corrected chi connectivity index (χ1v) is 6.66. The maximum Gasteiger partial charge on any atom is 0.323 e. The van der Waals surface area contributed by atoms with Crippen molar-refractivity contribution < 1.29 is 19.1 Å². The van der Waals surface area contributed by atoms with Gasteiger partial charge in [0, 0.05) is 10.0 Å². The highest BCUT2D eigenvalue weighted by Crippen LogP contribution is 2.21. The lowest BCUT2D eigenvalue weighted by molar-refractivity contribution is -0.138. The van der Waals surface area contributed by atoms with Crippen molar-refractivity contribution in [1.29, 1.82) is 0 Å². The minimum Gasteiger partial charge on any atom is -0.480 e. The van der Waals surface area contributed by atoms with Gasteiger partial charge in [0.25, 0.3) is 0 Å². The highest BCUT2D eigenvalue weighted by molar-refractivity contribution is 9.10. The molecule has 0 aliphatic heterocycles. The Labute approximate surface area is 124 Å². The molecular weight excluding hydrogens is 331 g/mol. The van der Waals surface area contributed by atoms with Gasteiger partial charge in [0.2, 0.25) is 0 Å². The largest absolute Gasteiger partial charge is 0.480 e. The van der Waals surface area contributed by atoms with Crippen LogP contribution in [0.15, 0.2) is 22.7 Å². The molecule has 0 atom stereocenters. The molecule has 0 aliphatic carbocycles. The zero-order valence-corrected chi connectivity index (χ0v) is 13.0. The van der Waals surface area contributed by atoms with Crippen molar-refractivity contribution >= 4 is 33.6 Å². The maximum atomic E-state index is 13.7. The lowest BCUT2D eigenvalue weighted by Gasteiger charge is -2.34. The van der Waals surface area contributed by atoms with Gasteiger partial charge >= 0.3 is 12.0 Å². The molecule has 2 amide bonds. The number of carbonyl (C=O) groups excluding carboxylic acids is 1. The van der Waals surface area contributed by atoms with Crippen LogP contribution in [0, 0.1) is 5.82 Å². The van der Waals surface area contributed by atoms with E-state index >= 15 is 0 Å². The van der Waals surface area contributed by atoms with E-state index in [1.807, 2.05) is 0 Å². The van der Waals surface area contributed by atoms with Gasteiger partial charge in [0.15, 0.2) is 0 Å². The van der Waals surface area contributed by atoms with Crippen LogP contribution in [0.2, 0.25) is 0 Å². The van der Waals surface area contributed by atoms with Gasteiger partial charge in [-0.05, 0) is 39.0 Å². The summed E-state index contributed by atoms with van der Waals surface area (Å²) in [6, 6.07) is 3.53. The number of hydrogen-bond acceptors (Lipinski definition) is 2. The van der Waals surface area contributed by atoms with E-state index in [1.165, 1.54) is 12.1 Å². The van der Waals surface area contributed by atoms with Crippen LogP contribution in [-0.4, -0.2) is 34.1 Å². The van der Waals surface area contributed by atoms with Gasteiger partial charge in [-0.15, -0.1) is 0 Å². The third kappa shape index (κ3) is 4.48. The molecule has 0 bridgehead atoms. The van der Waals surface area contributed by atoms with Crippen LogP contribution in [-0.2, 0) is 4.79 Å². The van der Waals surface area contributed by atoms with Gasteiger partial charge in [0.05, 0.1) is 5.69 Å². The number of amides is 2. The van der Waals surface area contributed by atoms with E-state index in [0.29, 0.717) is 4.47 Å². The number of anilines is 1. The maximum absolute atomic E-state index is 13.7. The molecule has 1 aromatic carbocycles. The van der Waals surface area contributed by atoms with Crippen molar-refractivity contribution in [1.82, 2.24) is 4.90 Å². The Morgan fingerprint density at radius 2 is 2.00 bits per heavy atom. The summed E-state index contributed by atoms with van der Waals surface area (Å²) >= 11 is 3.12. The molecule has 20 heavy (non-hydrogen) atoms. The number of carbonyl (C=O) groups is 2. The van der Waals surface area contributed by atoms with Gasteiger partial charge in [-0.25, -0.2) is 9.18 Å². The van der Waals surface area contributed by atoms with E-state index in [0.717, 1.165) is 4.90 Å². The van der Waals surface area contributed by atoms with E-state index in [2.05, 4.69) is 21.2 Å². The molecule has 0 aliphatic rings. The fraction of sp³-hybridized carbons (Fsp3) is 0.385. The molecule has 0 aromatic heterocycles. The van der Waals surface area contributed by atoms with Crippen molar-refractivity contribution in [2.24, 2.45) is 0 Å². The Hall–Kier alpha value is -1.63. The van der Waals surface area contributed by atoms with E-state index < -0.39 is 29.9 Å². The number of rotatable bonds is 3. The first kappa shape index (κ1) is 16.4. The minimum absolute atomic E-state index is 0.00200. The minimum atomic E-state index is -1.13. The topological polar surface area (TPSA) is 69.6 Å². The number of halogens is 2. The number of nitrogens with one attached hydrogen (secondary N) is 1. The first-order chi connectivity index (χ1) is 9.11. The molecule has 0 saturated carbocycles. The number of aliphatic carboxylic acids is 1. The number of carboxylic acid groups (broad SMARTS) is 1. The molecule has 0 spiro atoms. The molecule has 0 saturated heterocycles. The van der Waals surface area contributed by atoms with Crippen LogP contribution >= 0.6 is 15.9 Å². The molecule has 1 rings (SSSR count). The second-order valence-corrected chi connectivity index (χ2v) is 6.12. The highest BCUT2D eigenvalue weighted by Gasteiger charge is 2.28. The number of carboxylic acids is 1. The number of nitrogens with zero attached hydrogens (tertiary/aromatic N) is 1. The van der Waals surface area contributed by atoms with Gasteiger partial charge < -0.3 is 15.3 Å². The van der Waals surface area contributed by atoms with Crippen LogP contribution in [0.25, 0.3) is 0 Å². The van der Waals surface area contributed by atoms with E-state index in [9.17, 15) is 14.0 Å². The van der Waals surface area contributed by atoms with Crippen LogP contribution < -0.4 is 5.32 Å². The van der Waals surface area contributed by atoms with Crippen molar-refractivity contribution in [3.8, 4) is 0 Å². The lowest BCUT2D eigenvalue weighted by atomic mass is 10.1. The third-order valence-corrected chi connectivity index (χ3v) is 3.01. The van der Waals surface area contributed by atoms with Crippen molar-refractivity contribution in [3.05, 3.63) is 28.5 Å². The summed E-state index contributed by atoms with van der Waals surface area (Å²) in [5, 5.41) is 11.2. The molecule has 5 nitrogen and oxygen atoms in total. The smallest absolute Gasteiger partial charge is 0.323 e. The number of urea groups is 1. The van der Waals surface area contributed by atoms with Crippen molar-refractivity contribution in [2.75, 3.05) is 11.9 Å². The summed E-state index contributed by atoms with van der Waals surface area (Å²) in [5.41, 5.74) is -0.702. The van der Waals surface area contributed by atoms with Crippen molar-refractivity contribution in [2.45, 2.75) is 26.3 Å². The fourth-order valence-corrected chi connectivity index (χ4v) is 1.86. The Bertz CT molecular complexity index is 529. The van der Waals surface area contributed by atoms with Crippen LogP contribution in [0.4, 0.5) is 14.9 Å². The summed E-state index contributed by atoms with van der Waals surface area (Å²) < 4.78 is 14.2. The average molecular weight is 347 g/mol. The summed E-state index contributed by atoms with van der Waals surface area (Å²) in [5.74, 6) is -1.73. The van der Waals surface area contributed by atoms with Crippen molar-refractivity contribution in [3.63, 3.8) is 0 Å². The standard InChI is InChI=1S/C13H16BrFN2O3/c1-13(2,3)17(7-11(18)19)12(20)16-10-5-4-8(14)6-9(10)15/h4-6H,7H2,1-3H3,(H,16,20)(H,18,19). The number of benzene rings is 1. The summed E-state index contributed by atoms with van der Waals surface area (Å²) in [4.78, 5) is 24.0. The molecule has 110 valence electrons. The number of hydrogen-bond donors (Lipinski definition) is 2. The Balaban J connectivity index is 2.93. The summed E-state index contributed by atoms with van der Waals surface area (Å²) in [7, 11) is 0. The first-order valence-electron chi connectivity index (χ1n) is 5.86. The Morgan fingerprint density at radius 1 is 1.40 bits per heavy atom. The Morgan fingerprint density at radius 3 is 2.45 bits per heavy atom. The molecule has 1 aromatic rings. The molecular formula is C13H16BrFN2O3. The van der Waals surface area contributed by atoms with Crippen LogP contribution in [0.1, 0.15) is 20.8 Å². The molecule has 0 unspecified atom stereocenters. The zero-order chi connectivity index (χ0) is 15.5. The normalized spacial score (nSPS) is 11.1. The van der Waals surface area contributed by atoms with E-state index in [4.69, 9.17) is 5.11 Å². The molecule has 7 heteroatoms. The second kappa shape index (κ2) is 6.21. The van der Waals surface area contributed by atoms with E-state index in [1.54, 1.807) is 26.8 Å². The predicted octanol–water partition coefficient (Wildman–Crippen LogP) is 3.31. The van der Waals surface area contributed by atoms with Gasteiger partial charge in [-0.1, -0.05) is 15.9 Å². The van der Waals surface area contributed by atoms with Crippen LogP contribution in [0.3, 0.4) is 0 Å². The quantitative estimate of drug-likeness (QED) is 0.881. The molecule has 0 heterocycles. The predicted molar refractivity (Wildman–Crippen MR) is 77.2 cm³/mol. The third-order valence-electron chi connectivity index (χ3n) is 2.52. The van der Waals surface area contributed by atoms with Crippen LogP contribution in [0.5, 0.6) is 0 Å². The lowest BCUT2D eigenvalue weighted by Crippen LogP contribution is -2.50.